The van der Waals surface area contributed by atoms with Crippen molar-refractivity contribution in [2.24, 2.45) is 0 Å². The standard InChI is InChI=1S/C23H23N5O3/c1-25(2)12-5-13-26-20-7-4-3-6-19(20)22-21(26)14-16(15-24)23(29)27(22)17-8-10-18(11-9-17)28(30)31/h3-4,6-11,14,21-22H,5,12-13H2,1-2H3. The lowest BCUT2D eigenvalue weighted by atomic mass is 9.93. The van der Waals surface area contributed by atoms with Gasteiger partial charge in [-0.1, -0.05) is 18.2 Å². The molecule has 0 spiro atoms. The summed E-state index contributed by atoms with van der Waals surface area (Å²) in [6.45, 7) is 1.71. The van der Waals surface area contributed by atoms with Crippen LogP contribution in [0.5, 0.6) is 0 Å². The zero-order valence-electron chi connectivity index (χ0n) is 17.4. The van der Waals surface area contributed by atoms with Gasteiger partial charge in [0, 0.05) is 35.6 Å². The van der Waals surface area contributed by atoms with E-state index in [1.54, 1.807) is 23.1 Å². The molecular weight excluding hydrogens is 394 g/mol. The van der Waals surface area contributed by atoms with Gasteiger partial charge in [-0.25, -0.2) is 0 Å². The number of carbonyl (C=O) groups is 1. The number of nitro groups is 1. The molecule has 0 aromatic heterocycles. The molecule has 0 saturated carbocycles. The fourth-order valence-corrected chi connectivity index (χ4v) is 4.41. The number of hydrogen-bond donors (Lipinski definition) is 0. The van der Waals surface area contributed by atoms with E-state index in [1.807, 2.05) is 44.4 Å². The maximum atomic E-state index is 13.2. The number of amides is 1. The SMILES string of the molecule is CN(C)CCCN1c2ccccc2C2C1C=C(C#N)C(=O)N2c1ccc([N+](=O)[O-])cc1. The first-order valence-electron chi connectivity index (χ1n) is 10.1. The van der Waals surface area contributed by atoms with Crippen LogP contribution in [-0.2, 0) is 4.79 Å². The van der Waals surface area contributed by atoms with Crippen molar-refractivity contribution in [3.05, 3.63) is 75.9 Å². The second kappa shape index (κ2) is 8.20. The number of rotatable bonds is 6. The summed E-state index contributed by atoms with van der Waals surface area (Å²) >= 11 is 0. The van der Waals surface area contributed by atoms with Crippen LogP contribution in [0.1, 0.15) is 18.0 Å². The number of benzene rings is 2. The molecule has 2 aromatic carbocycles. The molecule has 0 N–H and O–H groups in total. The molecule has 4 rings (SSSR count). The molecule has 0 aliphatic carbocycles. The summed E-state index contributed by atoms with van der Waals surface area (Å²) in [4.78, 5) is 29.8. The van der Waals surface area contributed by atoms with E-state index in [0.717, 1.165) is 30.8 Å². The van der Waals surface area contributed by atoms with Crippen molar-refractivity contribution >= 4 is 23.0 Å². The summed E-state index contributed by atoms with van der Waals surface area (Å²) in [5.74, 6) is -0.387. The predicted octanol–water partition coefficient (Wildman–Crippen LogP) is 3.27. The quantitative estimate of drug-likeness (QED) is 0.529. The highest BCUT2D eigenvalue weighted by Gasteiger charge is 2.46. The lowest BCUT2D eigenvalue weighted by Crippen LogP contribution is -2.48. The summed E-state index contributed by atoms with van der Waals surface area (Å²) in [6.07, 6.45) is 2.70. The number of carbonyl (C=O) groups excluding carboxylic acids is 1. The van der Waals surface area contributed by atoms with Crippen molar-refractivity contribution in [2.75, 3.05) is 37.0 Å². The van der Waals surface area contributed by atoms with Gasteiger partial charge in [0.2, 0.25) is 0 Å². The van der Waals surface area contributed by atoms with Crippen molar-refractivity contribution in [2.45, 2.75) is 18.5 Å². The minimum Gasteiger partial charge on any atom is -0.362 e. The number of nitro benzene ring substituents is 1. The van der Waals surface area contributed by atoms with Gasteiger partial charge in [0.15, 0.2) is 0 Å². The number of nitrogens with zero attached hydrogens (tertiary/aromatic N) is 5. The smallest absolute Gasteiger partial charge is 0.269 e. The molecule has 2 aromatic rings. The van der Waals surface area contributed by atoms with Gasteiger partial charge in [-0.3, -0.25) is 19.8 Å². The summed E-state index contributed by atoms with van der Waals surface area (Å²) in [7, 11) is 4.06. The predicted molar refractivity (Wildman–Crippen MR) is 118 cm³/mol. The Bertz CT molecular complexity index is 1090. The van der Waals surface area contributed by atoms with Crippen LogP contribution in [0.2, 0.25) is 0 Å². The van der Waals surface area contributed by atoms with E-state index in [4.69, 9.17) is 0 Å². The Kier molecular flexibility index (Phi) is 5.44. The Morgan fingerprint density at radius 1 is 1.16 bits per heavy atom. The number of para-hydroxylation sites is 1. The number of nitriles is 1. The molecule has 8 nitrogen and oxygen atoms in total. The topological polar surface area (TPSA) is 93.7 Å². The van der Waals surface area contributed by atoms with E-state index < -0.39 is 4.92 Å². The van der Waals surface area contributed by atoms with E-state index in [1.165, 1.54) is 12.1 Å². The summed E-state index contributed by atoms with van der Waals surface area (Å²) < 4.78 is 0. The molecule has 31 heavy (non-hydrogen) atoms. The Labute approximate surface area is 180 Å². The van der Waals surface area contributed by atoms with Crippen molar-refractivity contribution in [1.82, 2.24) is 4.90 Å². The third kappa shape index (κ3) is 3.64. The number of non-ortho nitro benzene ring substituents is 1. The second-order valence-corrected chi connectivity index (χ2v) is 7.99. The van der Waals surface area contributed by atoms with Crippen LogP contribution < -0.4 is 9.80 Å². The maximum Gasteiger partial charge on any atom is 0.269 e. The van der Waals surface area contributed by atoms with Crippen LogP contribution in [0, 0.1) is 21.4 Å². The Morgan fingerprint density at radius 2 is 1.87 bits per heavy atom. The van der Waals surface area contributed by atoms with Crippen LogP contribution in [0.4, 0.5) is 17.1 Å². The summed E-state index contributed by atoms with van der Waals surface area (Å²) in [6, 6.07) is 15.5. The second-order valence-electron chi connectivity index (χ2n) is 7.99. The molecule has 0 radical (unpaired) electrons. The van der Waals surface area contributed by atoms with Gasteiger partial charge in [0.1, 0.15) is 11.6 Å². The first-order valence-corrected chi connectivity index (χ1v) is 10.1. The van der Waals surface area contributed by atoms with Crippen LogP contribution in [-0.4, -0.2) is 49.0 Å². The fourth-order valence-electron chi connectivity index (χ4n) is 4.41. The molecule has 0 saturated heterocycles. The minimum atomic E-state index is -0.470. The number of hydrogen-bond acceptors (Lipinski definition) is 6. The molecule has 0 fully saturated rings. The van der Waals surface area contributed by atoms with Crippen LogP contribution in [0.3, 0.4) is 0 Å². The third-order valence-electron chi connectivity index (χ3n) is 5.78. The number of anilines is 2. The normalized spacial score (nSPS) is 19.7. The third-order valence-corrected chi connectivity index (χ3v) is 5.78. The van der Waals surface area contributed by atoms with Gasteiger partial charge in [-0.05, 0) is 51.3 Å². The van der Waals surface area contributed by atoms with Crippen LogP contribution in [0.15, 0.2) is 60.2 Å². The van der Waals surface area contributed by atoms with Gasteiger partial charge < -0.3 is 9.80 Å². The molecule has 2 aliphatic heterocycles. The summed E-state index contributed by atoms with van der Waals surface area (Å²) in [5.41, 5.74) is 2.64. The largest absolute Gasteiger partial charge is 0.362 e. The molecule has 2 heterocycles. The van der Waals surface area contributed by atoms with E-state index in [-0.39, 0.29) is 29.3 Å². The van der Waals surface area contributed by atoms with Gasteiger partial charge >= 0.3 is 0 Å². The van der Waals surface area contributed by atoms with Gasteiger partial charge in [-0.2, -0.15) is 5.26 Å². The summed E-state index contributed by atoms with van der Waals surface area (Å²) in [5, 5.41) is 20.7. The average molecular weight is 417 g/mol. The monoisotopic (exact) mass is 417 g/mol. The number of fused-ring (bicyclic) bond motifs is 3. The highest BCUT2D eigenvalue weighted by atomic mass is 16.6. The zero-order valence-corrected chi connectivity index (χ0v) is 17.4. The first kappa shape index (κ1) is 20.6. The molecule has 8 heteroatoms. The maximum absolute atomic E-state index is 13.2. The molecule has 158 valence electrons. The van der Waals surface area contributed by atoms with Gasteiger partial charge in [0.05, 0.1) is 17.0 Å². The Morgan fingerprint density at radius 3 is 2.52 bits per heavy atom. The van der Waals surface area contributed by atoms with E-state index in [0.29, 0.717) is 5.69 Å². The van der Waals surface area contributed by atoms with Crippen molar-refractivity contribution in [1.29, 1.82) is 5.26 Å². The van der Waals surface area contributed by atoms with E-state index in [2.05, 4.69) is 9.80 Å². The minimum absolute atomic E-state index is 0.0436. The molecule has 2 unspecified atom stereocenters. The van der Waals surface area contributed by atoms with Crippen molar-refractivity contribution < 1.29 is 9.72 Å². The van der Waals surface area contributed by atoms with Crippen molar-refractivity contribution in [3.8, 4) is 6.07 Å². The molecule has 1 amide bonds. The Hall–Kier alpha value is -3.70. The van der Waals surface area contributed by atoms with Crippen LogP contribution in [0.25, 0.3) is 0 Å². The molecule has 0 bridgehead atoms. The molecule has 2 aliphatic rings. The van der Waals surface area contributed by atoms with E-state index in [9.17, 15) is 20.2 Å². The lowest BCUT2D eigenvalue weighted by Gasteiger charge is -2.38. The molecular formula is C23H23N5O3. The van der Waals surface area contributed by atoms with Crippen LogP contribution >= 0.6 is 0 Å². The highest BCUT2D eigenvalue weighted by molar-refractivity contribution is 6.10. The fraction of sp³-hybridized carbons (Fsp3) is 0.304. The van der Waals surface area contributed by atoms with Crippen molar-refractivity contribution in [3.63, 3.8) is 0 Å². The highest BCUT2D eigenvalue weighted by Crippen LogP contribution is 2.47. The van der Waals surface area contributed by atoms with E-state index >= 15 is 0 Å². The lowest BCUT2D eigenvalue weighted by molar-refractivity contribution is -0.384. The average Bonchev–Trinajstić information content (AvgIpc) is 3.06. The molecule has 2 atom stereocenters. The van der Waals surface area contributed by atoms with Gasteiger partial charge in [0.25, 0.3) is 11.6 Å². The zero-order chi connectivity index (χ0) is 22.1. The van der Waals surface area contributed by atoms with Gasteiger partial charge in [-0.15, -0.1) is 0 Å². The first-order chi connectivity index (χ1) is 14.9. The Balaban J connectivity index is 1.78.